The average Bonchev–Trinajstić information content (AvgIpc) is 2.41. The predicted octanol–water partition coefficient (Wildman–Crippen LogP) is 2.13. The van der Waals surface area contributed by atoms with Crippen molar-refractivity contribution in [3.8, 4) is 5.75 Å². The summed E-state index contributed by atoms with van der Waals surface area (Å²) in [7, 11) is 0. The SMILES string of the molecule is Nc1ccc(C(=O)Nc2ccc(O)cc2[N+](=O)[O-])cc1. The van der Waals surface area contributed by atoms with Crippen LogP contribution in [-0.4, -0.2) is 15.9 Å². The smallest absolute Gasteiger partial charge is 0.296 e. The standard InChI is InChI=1S/C13H11N3O4/c14-9-3-1-8(2-4-9)13(18)15-11-6-5-10(17)7-12(11)16(19)20/h1-7,17H,14H2,(H,15,18). The average molecular weight is 273 g/mol. The Hall–Kier alpha value is -3.09. The fraction of sp³-hybridized carbons (Fsp3) is 0. The minimum absolute atomic E-state index is 0.00891. The minimum atomic E-state index is -0.682. The van der Waals surface area contributed by atoms with Crippen molar-refractivity contribution in [3.63, 3.8) is 0 Å². The lowest BCUT2D eigenvalue weighted by Crippen LogP contribution is -2.13. The molecule has 0 bridgehead atoms. The van der Waals surface area contributed by atoms with E-state index in [1.54, 1.807) is 12.1 Å². The van der Waals surface area contributed by atoms with E-state index in [2.05, 4.69) is 5.32 Å². The molecular weight excluding hydrogens is 262 g/mol. The molecule has 2 aromatic rings. The van der Waals surface area contributed by atoms with E-state index in [9.17, 15) is 20.0 Å². The van der Waals surface area contributed by atoms with Crippen LogP contribution in [0.1, 0.15) is 10.4 Å². The third-order valence-corrected chi connectivity index (χ3v) is 2.60. The first-order valence-electron chi connectivity index (χ1n) is 5.61. The molecule has 2 rings (SSSR count). The van der Waals surface area contributed by atoms with Gasteiger partial charge < -0.3 is 16.2 Å². The Morgan fingerprint density at radius 3 is 2.45 bits per heavy atom. The number of hydrogen-bond acceptors (Lipinski definition) is 5. The number of aromatic hydroxyl groups is 1. The number of benzene rings is 2. The van der Waals surface area contributed by atoms with Crippen molar-refractivity contribution < 1.29 is 14.8 Å². The second-order valence-corrected chi connectivity index (χ2v) is 4.03. The number of rotatable bonds is 3. The molecule has 0 aromatic heterocycles. The van der Waals surface area contributed by atoms with Crippen LogP contribution in [0.5, 0.6) is 5.75 Å². The van der Waals surface area contributed by atoms with E-state index in [1.807, 2.05) is 0 Å². The number of nitrogens with one attached hydrogen (secondary N) is 1. The molecule has 1 amide bonds. The number of nitro benzene ring substituents is 1. The summed E-state index contributed by atoms with van der Waals surface area (Å²) in [6.07, 6.45) is 0. The first-order valence-corrected chi connectivity index (χ1v) is 5.61. The summed E-state index contributed by atoms with van der Waals surface area (Å²) in [5.74, 6) is -0.749. The van der Waals surface area contributed by atoms with Gasteiger partial charge in [0.05, 0.1) is 11.0 Å². The van der Waals surface area contributed by atoms with Gasteiger partial charge in [0.2, 0.25) is 0 Å². The monoisotopic (exact) mass is 273 g/mol. The highest BCUT2D eigenvalue weighted by Gasteiger charge is 2.17. The topological polar surface area (TPSA) is 118 Å². The number of hydrogen-bond donors (Lipinski definition) is 3. The van der Waals surface area contributed by atoms with Gasteiger partial charge >= 0.3 is 0 Å². The summed E-state index contributed by atoms with van der Waals surface area (Å²) in [5, 5.41) is 22.5. The molecule has 102 valence electrons. The van der Waals surface area contributed by atoms with Crippen LogP contribution in [0.3, 0.4) is 0 Å². The number of anilines is 2. The van der Waals surface area contributed by atoms with Crippen LogP contribution >= 0.6 is 0 Å². The largest absolute Gasteiger partial charge is 0.508 e. The van der Waals surface area contributed by atoms with E-state index < -0.39 is 10.8 Å². The van der Waals surface area contributed by atoms with E-state index >= 15 is 0 Å². The van der Waals surface area contributed by atoms with Crippen LogP contribution in [0.2, 0.25) is 0 Å². The van der Waals surface area contributed by atoms with Gasteiger partial charge in [0.1, 0.15) is 11.4 Å². The molecule has 0 heterocycles. The van der Waals surface area contributed by atoms with E-state index in [0.717, 1.165) is 6.07 Å². The van der Waals surface area contributed by atoms with Crippen LogP contribution in [0.25, 0.3) is 0 Å². The number of nitrogens with zero attached hydrogens (tertiary/aromatic N) is 1. The van der Waals surface area contributed by atoms with Crippen LogP contribution in [0, 0.1) is 10.1 Å². The lowest BCUT2D eigenvalue weighted by molar-refractivity contribution is -0.384. The van der Waals surface area contributed by atoms with Crippen molar-refractivity contribution in [2.45, 2.75) is 0 Å². The first kappa shape index (κ1) is 13.3. The fourth-order valence-corrected chi connectivity index (χ4v) is 1.61. The maximum absolute atomic E-state index is 11.9. The second kappa shape index (κ2) is 5.27. The summed E-state index contributed by atoms with van der Waals surface area (Å²) >= 11 is 0. The summed E-state index contributed by atoms with van der Waals surface area (Å²) in [5.41, 5.74) is 5.97. The zero-order valence-corrected chi connectivity index (χ0v) is 10.2. The van der Waals surface area contributed by atoms with Gasteiger partial charge in [0.25, 0.3) is 11.6 Å². The summed E-state index contributed by atoms with van der Waals surface area (Å²) < 4.78 is 0. The Labute approximate surface area is 113 Å². The van der Waals surface area contributed by atoms with Crippen molar-refractivity contribution in [1.29, 1.82) is 0 Å². The van der Waals surface area contributed by atoms with Crippen molar-refractivity contribution in [1.82, 2.24) is 0 Å². The normalized spacial score (nSPS) is 10.0. The van der Waals surface area contributed by atoms with E-state index in [4.69, 9.17) is 5.73 Å². The highest BCUT2D eigenvalue weighted by molar-refractivity contribution is 6.05. The zero-order valence-electron chi connectivity index (χ0n) is 10.2. The third-order valence-electron chi connectivity index (χ3n) is 2.60. The molecule has 0 saturated heterocycles. The van der Waals surface area contributed by atoms with Crippen LogP contribution in [-0.2, 0) is 0 Å². The fourth-order valence-electron chi connectivity index (χ4n) is 1.61. The maximum atomic E-state index is 11.9. The summed E-state index contributed by atoms with van der Waals surface area (Å²) in [4.78, 5) is 22.1. The quantitative estimate of drug-likeness (QED) is 0.342. The number of carbonyl (C=O) groups excluding carboxylic acids is 1. The van der Waals surface area contributed by atoms with Gasteiger partial charge in [-0.1, -0.05) is 0 Å². The number of nitrogens with two attached hydrogens (primary N) is 1. The molecule has 0 aliphatic carbocycles. The lowest BCUT2D eigenvalue weighted by Gasteiger charge is -2.06. The molecule has 0 aliphatic rings. The molecule has 0 atom stereocenters. The highest BCUT2D eigenvalue weighted by Crippen LogP contribution is 2.28. The molecule has 0 spiro atoms. The Morgan fingerprint density at radius 1 is 1.20 bits per heavy atom. The molecular formula is C13H11N3O4. The molecule has 0 saturated carbocycles. The zero-order chi connectivity index (χ0) is 14.7. The maximum Gasteiger partial charge on any atom is 0.296 e. The number of nitrogen functional groups attached to an aromatic ring is 1. The summed E-state index contributed by atoms with van der Waals surface area (Å²) in [6.45, 7) is 0. The number of phenolic OH excluding ortho intramolecular Hbond substituents is 1. The molecule has 0 aliphatic heterocycles. The van der Waals surface area contributed by atoms with Crippen molar-refractivity contribution in [2.75, 3.05) is 11.1 Å². The van der Waals surface area contributed by atoms with Crippen molar-refractivity contribution >= 4 is 23.0 Å². The summed E-state index contributed by atoms with van der Waals surface area (Å²) in [6, 6.07) is 9.63. The molecule has 4 N–H and O–H groups in total. The van der Waals surface area contributed by atoms with Gasteiger partial charge in [-0.25, -0.2) is 0 Å². The van der Waals surface area contributed by atoms with Gasteiger partial charge in [0.15, 0.2) is 0 Å². The molecule has 20 heavy (non-hydrogen) atoms. The lowest BCUT2D eigenvalue weighted by atomic mass is 10.2. The van der Waals surface area contributed by atoms with Crippen molar-refractivity contribution in [2.24, 2.45) is 0 Å². The van der Waals surface area contributed by atoms with E-state index in [0.29, 0.717) is 11.3 Å². The Bertz CT molecular complexity index is 668. The molecule has 2 aromatic carbocycles. The van der Waals surface area contributed by atoms with Gasteiger partial charge in [-0.15, -0.1) is 0 Å². The van der Waals surface area contributed by atoms with Gasteiger partial charge in [-0.05, 0) is 36.4 Å². The number of nitro groups is 1. The predicted molar refractivity (Wildman–Crippen MR) is 73.6 cm³/mol. The molecule has 7 heteroatoms. The van der Waals surface area contributed by atoms with Crippen LogP contribution in [0.4, 0.5) is 17.1 Å². The number of phenols is 1. The van der Waals surface area contributed by atoms with Crippen LogP contribution < -0.4 is 11.1 Å². The Kier molecular flexibility index (Phi) is 3.52. The highest BCUT2D eigenvalue weighted by atomic mass is 16.6. The van der Waals surface area contributed by atoms with Gasteiger partial charge in [-0.3, -0.25) is 14.9 Å². The second-order valence-electron chi connectivity index (χ2n) is 4.03. The van der Waals surface area contributed by atoms with Crippen LogP contribution in [0.15, 0.2) is 42.5 Å². The number of carbonyl (C=O) groups is 1. The number of amides is 1. The molecule has 0 fully saturated rings. The Balaban J connectivity index is 2.28. The molecule has 0 unspecified atom stereocenters. The first-order chi connectivity index (χ1) is 9.47. The van der Waals surface area contributed by atoms with E-state index in [1.165, 1.54) is 24.3 Å². The van der Waals surface area contributed by atoms with Crippen molar-refractivity contribution in [3.05, 3.63) is 58.1 Å². The van der Waals surface area contributed by atoms with Gasteiger partial charge in [0, 0.05) is 11.3 Å². The third kappa shape index (κ3) is 2.83. The van der Waals surface area contributed by atoms with E-state index in [-0.39, 0.29) is 17.1 Å². The molecule has 7 nitrogen and oxygen atoms in total. The Morgan fingerprint density at radius 2 is 1.85 bits per heavy atom. The minimum Gasteiger partial charge on any atom is -0.508 e. The van der Waals surface area contributed by atoms with Gasteiger partial charge in [-0.2, -0.15) is 0 Å². The molecule has 0 radical (unpaired) electrons.